The highest BCUT2D eigenvalue weighted by Crippen LogP contribution is 2.14. The number of amides is 2. The molecule has 1 unspecified atom stereocenters. The molecule has 2 heterocycles. The first-order chi connectivity index (χ1) is 9.19. The van der Waals surface area contributed by atoms with Crippen LogP contribution >= 0.6 is 15.9 Å². The second-order valence-electron chi connectivity index (χ2n) is 4.52. The lowest BCUT2D eigenvalue weighted by molar-refractivity contribution is -0.0162. The Morgan fingerprint density at radius 2 is 2.47 bits per heavy atom. The molecule has 0 aromatic carbocycles. The van der Waals surface area contributed by atoms with E-state index in [-0.39, 0.29) is 12.1 Å². The van der Waals surface area contributed by atoms with Crippen molar-refractivity contribution in [3.05, 3.63) is 22.8 Å². The Labute approximate surface area is 121 Å². The van der Waals surface area contributed by atoms with Gasteiger partial charge < -0.3 is 9.64 Å². The van der Waals surface area contributed by atoms with Crippen molar-refractivity contribution in [3.8, 4) is 0 Å². The average Bonchev–Trinajstić information content (AvgIpc) is 2.42. The van der Waals surface area contributed by atoms with Gasteiger partial charge >= 0.3 is 6.03 Å². The minimum atomic E-state index is -0.112. The van der Waals surface area contributed by atoms with E-state index in [2.05, 4.69) is 33.2 Å². The molecule has 2 amide bonds. The number of halogens is 1. The number of morpholine rings is 1. The Morgan fingerprint density at radius 1 is 1.63 bits per heavy atom. The van der Waals surface area contributed by atoms with Gasteiger partial charge in [0.05, 0.1) is 12.7 Å². The van der Waals surface area contributed by atoms with E-state index in [9.17, 15) is 4.79 Å². The van der Waals surface area contributed by atoms with Crippen molar-refractivity contribution < 1.29 is 9.53 Å². The molecule has 0 spiro atoms. The monoisotopic (exact) mass is 327 g/mol. The summed E-state index contributed by atoms with van der Waals surface area (Å²) >= 11 is 3.31. The molecule has 0 radical (unpaired) electrons. The zero-order valence-electron chi connectivity index (χ0n) is 10.9. The molecule has 1 saturated heterocycles. The molecule has 1 atom stereocenters. The maximum absolute atomic E-state index is 12.1. The lowest BCUT2D eigenvalue weighted by atomic mass is 10.2. The Bertz CT molecular complexity index is 422. The molecule has 1 fully saturated rings. The van der Waals surface area contributed by atoms with Crippen LogP contribution in [0.4, 0.5) is 10.6 Å². The number of aromatic nitrogens is 1. The van der Waals surface area contributed by atoms with E-state index in [4.69, 9.17) is 4.74 Å². The van der Waals surface area contributed by atoms with Crippen LogP contribution < -0.4 is 5.32 Å². The van der Waals surface area contributed by atoms with Crippen LogP contribution in [0.5, 0.6) is 0 Å². The molecular formula is C13H18BrN3O2. The highest BCUT2D eigenvalue weighted by Gasteiger charge is 2.23. The summed E-state index contributed by atoms with van der Waals surface area (Å²) in [5, 5.41) is 2.80. The van der Waals surface area contributed by atoms with Gasteiger partial charge in [0, 0.05) is 23.8 Å². The van der Waals surface area contributed by atoms with Crippen LogP contribution in [0.15, 0.2) is 22.8 Å². The van der Waals surface area contributed by atoms with Gasteiger partial charge in [0.2, 0.25) is 0 Å². The van der Waals surface area contributed by atoms with Crippen molar-refractivity contribution >= 4 is 27.8 Å². The van der Waals surface area contributed by atoms with Crippen molar-refractivity contribution in [2.24, 2.45) is 0 Å². The van der Waals surface area contributed by atoms with E-state index < -0.39 is 0 Å². The molecule has 19 heavy (non-hydrogen) atoms. The highest BCUT2D eigenvalue weighted by molar-refractivity contribution is 9.10. The first-order valence-electron chi connectivity index (χ1n) is 6.48. The smallest absolute Gasteiger partial charge is 0.323 e. The molecule has 5 nitrogen and oxygen atoms in total. The quantitative estimate of drug-likeness (QED) is 0.928. The molecular weight excluding hydrogens is 310 g/mol. The van der Waals surface area contributed by atoms with Gasteiger partial charge in [-0.15, -0.1) is 0 Å². The number of urea groups is 1. The summed E-state index contributed by atoms with van der Waals surface area (Å²) in [6, 6.07) is 3.51. The van der Waals surface area contributed by atoms with Crippen LogP contribution in [0.3, 0.4) is 0 Å². The number of carbonyl (C=O) groups excluding carboxylic acids is 1. The van der Waals surface area contributed by atoms with Crippen molar-refractivity contribution in [1.82, 2.24) is 9.88 Å². The van der Waals surface area contributed by atoms with Crippen LogP contribution in [0.2, 0.25) is 0 Å². The van der Waals surface area contributed by atoms with Crippen LogP contribution in [-0.2, 0) is 4.74 Å². The molecule has 104 valence electrons. The van der Waals surface area contributed by atoms with Crippen molar-refractivity contribution in [3.63, 3.8) is 0 Å². The summed E-state index contributed by atoms with van der Waals surface area (Å²) < 4.78 is 6.51. The Kier molecular flexibility index (Phi) is 5.15. The van der Waals surface area contributed by atoms with Crippen molar-refractivity contribution in [1.29, 1.82) is 0 Å². The van der Waals surface area contributed by atoms with Gasteiger partial charge in [0.15, 0.2) is 0 Å². The number of hydrogen-bond acceptors (Lipinski definition) is 3. The number of carbonyl (C=O) groups is 1. The predicted octanol–water partition coefficient (Wildman–Crippen LogP) is 2.88. The van der Waals surface area contributed by atoms with Gasteiger partial charge in [0.25, 0.3) is 0 Å². The molecule has 1 aromatic rings. The largest absolute Gasteiger partial charge is 0.375 e. The van der Waals surface area contributed by atoms with Crippen molar-refractivity contribution in [2.45, 2.75) is 25.9 Å². The highest BCUT2D eigenvalue weighted by atomic mass is 79.9. The second kappa shape index (κ2) is 6.86. The molecule has 1 aliphatic rings. The van der Waals surface area contributed by atoms with E-state index in [0.717, 1.165) is 17.3 Å². The number of anilines is 1. The fourth-order valence-electron chi connectivity index (χ4n) is 2.04. The minimum absolute atomic E-state index is 0.112. The number of ether oxygens (including phenoxy) is 1. The van der Waals surface area contributed by atoms with E-state index in [1.807, 2.05) is 6.07 Å². The third kappa shape index (κ3) is 4.18. The summed E-state index contributed by atoms with van der Waals surface area (Å²) in [5.74, 6) is 0.562. The van der Waals surface area contributed by atoms with Crippen molar-refractivity contribution in [2.75, 3.05) is 25.0 Å². The van der Waals surface area contributed by atoms with Crippen LogP contribution in [0.25, 0.3) is 0 Å². The molecule has 2 rings (SSSR count). The van der Waals surface area contributed by atoms with Gasteiger partial charge in [0.1, 0.15) is 5.82 Å². The van der Waals surface area contributed by atoms with E-state index in [1.54, 1.807) is 17.2 Å². The average molecular weight is 328 g/mol. The normalized spacial score (nSPS) is 19.3. The molecule has 1 N–H and O–H groups in total. The zero-order chi connectivity index (χ0) is 13.7. The Hall–Kier alpha value is -1.14. The van der Waals surface area contributed by atoms with Crippen LogP contribution in [0, 0.1) is 0 Å². The molecule has 6 heteroatoms. The molecule has 0 saturated carbocycles. The number of hydrogen-bond donors (Lipinski definition) is 1. The van der Waals surface area contributed by atoms with Gasteiger partial charge in [-0.25, -0.2) is 9.78 Å². The summed E-state index contributed by atoms with van der Waals surface area (Å²) in [7, 11) is 0. The topological polar surface area (TPSA) is 54.5 Å². The number of rotatable bonds is 3. The predicted molar refractivity (Wildman–Crippen MR) is 77.2 cm³/mol. The number of nitrogens with zero attached hydrogens (tertiary/aromatic N) is 2. The number of pyridine rings is 1. The SMILES string of the molecule is CCCC1CN(C(=O)Nc2ccc(Br)cn2)CCO1. The molecule has 1 aliphatic heterocycles. The number of nitrogens with one attached hydrogen (secondary N) is 1. The maximum atomic E-state index is 12.1. The molecule has 0 aliphatic carbocycles. The summed E-state index contributed by atoms with van der Waals surface area (Å²) in [6.07, 6.45) is 3.87. The van der Waals surface area contributed by atoms with Crippen LogP contribution in [0.1, 0.15) is 19.8 Å². The molecule has 1 aromatic heterocycles. The Morgan fingerprint density at radius 3 is 3.16 bits per heavy atom. The lowest BCUT2D eigenvalue weighted by Crippen LogP contribution is -2.47. The van der Waals surface area contributed by atoms with Gasteiger partial charge in [-0.05, 0) is 34.5 Å². The second-order valence-corrected chi connectivity index (χ2v) is 5.43. The lowest BCUT2D eigenvalue weighted by Gasteiger charge is -2.32. The van der Waals surface area contributed by atoms with E-state index in [0.29, 0.717) is 25.5 Å². The summed E-state index contributed by atoms with van der Waals surface area (Å²) in [4.78, 5) is 18.0. The standard InChI is InChI=1S/C13H18BrN3O2/c1-2-3-11-9-17(6-7-19-11)13(18)16-12-5-4-10(14)8-15-12/h4-5,8,11H,2-3,6-7,9H2,1H3,(H,15,16,18). The van der Waals surface area contributed by atoms with Crippen LogP contribution in [-0.4, -0.2) is 41.7 Å². The first-order valence-corrected chi connectivity index (χ1v) is 7.27. The maximum Gasteiger partial charge on any atom is 0.323 e. The van der Waals surface area contributed by atoms with Gasteiger partial charge in [-0.1, -0.05) is 13.3 Å². The molecule has 0 bridgehead atoms. The zero-order valence-corrected chi connectivity index (χ0v) is 12.5. The third-order valence-electron chi connectivity index (χ3n) is 3.00. The fraction of sp³-hybridized carbons (Fsp3) is 0.538. The van der Waals surface area contributed by atoms with E-state index in [1.165, 1.54) is 0 Å². The summed E-state index contributed by atoms with van der Waals surface area (Å²) in [5.41, 5.74) is 0. The van der Waals surface area contributed by atoms with E-state index >= 15 is 0 Å². The third-order valence-corrected chi connectivity index (χ3v) is 3.47. The Balaban J connectivity index is 1.90. The first kappa shape index (κ1) is 14.3. The van der Waals surface area contributed by atoms with Gasteiger partial charge in [-0.3, -0.25) is 5.32 Å². The fourth-order valence-corrected chi connectivity index (χ4v) is 2.27. The van der Waals surface area contributed by atoms with Gasteiger partial charge in [-0.2, -0.15) is 0 Å². The minimum Gasteiger partial charge on any atom is -0.375 e. The summed E-state index contributed by atoms with van der Waals surface area (Å²) in [6.45, 7) is 4.00.